The predicted molar refractivity (Wildman–Crippen MR) is 83.2 cm³/mol. The Kier molecular flexibility index (Phi) is 4.75. The first kappa shape index (κ1) is 15.9. The second kappa shape index (κ2) is 6.56. The molecule has 0 atom stereocenters. The van der Waals surface area contributed by atoms with Gasteiger partial charge in [0, 0.05) is 19.3 Å². The van der Waals surface area contributed by atoms with E-state index >= 15 is 0 Å². The Bertz CT molecular complexity index is 699. The van der Waals surface area contributed by atoms with Crippen molar-refractivity contribution in [2.75, 3.05) is 21.3 Å². The largest absolute Gasteiger partial charge is 0.494 e. The number of halogens is 2. The molecule has 0 saturated carbocycles. The number of rotatable bonds is 4. The molecule has 0 radical (unpaired) electrons. The van der Waals surface area contributed by atoms with Gasteiger partial charge < -0.3 is 9.47 Å². The zero-order chi connectivity index (χ0) is 16.3. The highest BCUT2D eigenvalue weighted by Crippen LogP contribution is 2.37. The van der Waals surface area contributed by atoms with Crippen molar-refractivity contribution in [2.24, 2.45) is 4.99 Å². The van der Waals surface area contributed by atoms with E-state index in [4.69, 9.17) is 9.47 Å². The van der Waals surface area contributed by atoms with Crippen LogP contribution in [-0.2, 0) is 0 Å². The van der Waals surface area contributed by atoms with Crippen molar-refractivity contribution in [2.45, 2.75) is 6.92 Å². The van der Waals surface area contributed by atoms with E-state index in [1.807, 2.05) is 6.92 Å². The third-order valence-electron chi connectivity index (χ3n) is 3.40. The molecule has 2 rings (SSSR count). The van der Waals surface area contributed by atoms with Crippen LogP contribution in [0.1, 0.15) is 11.1 Å². The Balaban J connectivity index is 2.68. The molecule has 0 saturated heterocycles. The number of aryl methyl sites for hydroxylation is 1. The molecule has 0 spiro atoms. The minimum absolute atomic E-state index is 0.0647. The third-order valence-corrected chi connectivity index (χ3v) is 3.40. The van der Waals surface area contributed by atoms with Gasteiger partial charge in [0.25, 0.3) is 0 Å². The van der Waals surface area contributed by atoms with Gasteiger partial charge in [0.15, 0.2) is 23.1 Å². The van der Waals surface area contributed by atoms with Gasteiger partial charge in [-0.15, -0.1) is 0 Å². The summed E-state index contributed by atoms with van der Waals surface area (Å²) in [4.78, 5) is 3.95. The molecule has 2 aromatic rings. The van der Waals surface area contributed by atoms with E-state index in [2.05, 4.69) is 4.99 Å². The van der Waals surface area contributed by atoms with E-state index in [-0.39, 0.29) is 17.1 Å². The molecule has 0 aliphatic carbocycles. The molecular formula is C17H17F2NO2. The van der Waals surface area contributed by atoms with Gasteiger partial charge >= 0.3 is 0 Å². The van der Waals surface area contributed by atoms with E-state index < -0.39 is 11.6 Å². The molecule has 0 aromatic heterocycles. The van der Waals surface area contributed by atoms with Crippen LogP contribution in [0.25, 0.3) is 11.1 Å². The molecule has 2 aromatic carbocycles. The summed E-state index contributed by atoms with van der Waals surface area (Å²) in [5.41, 5.74) is 2.00. The van der Waals surface area contributed by atoms with Crippen molar-refractivity contribution >= 4 is 6.21 Å². The quantitative estimate of drug-likeness (QED) is 0.799. The molecule has 0 heterocycles. The number of ether oxygens (including phenoxy) is 2. The number of hydrogen-bond donors (Lipinski definition) is 0. The van der Waals surface area contributed by atoms with Crippen molar-refractivity contribution < 1.29 is 18.3 Å². The van der Waals surface area contributed by atoms with Crippen LogP contribution < -0.4 is 9.47 Å². The fourth-order valence-electron chi connectivity index (χ4n) is 2.25. The Morgan fingerprint density at radius 1 is 1.00 bits per heavy atom. The van der Waals surface area contributed by atoms with E-state index in [1.165, 1.54) is 20.3 Å². The number of benzene rings is 2. The highest BCUT2D eigenvalue weighted by molar-refractivity contribution is 5.83. The lowest BCUT2D eigenvalue weighted by molar-refractivity contribution is 0.360. The average molecular weight is 305 g/mol. The summed E-state index contributed by atoms with van der Waals surface area (Å²) in [5, 5.41) is 0. The Labute approximate surface area is 128 Å². The molecule has 0 N–H and O–H groups in total. The first-order valence-electron chi connectivity index (χ1n) is 6.66. The van der Waals surface area contributed by atoms with Crippen molar-refractivity contribution in [3.8, 4) is 22.6 Å². The Morgan fingerprint density at radius 2 is 1.59 bits per heavy atom. The predicted octanol–water partition coefficient (Wildman–Crippen LogP) is 4.01. The smallest absolute Gasteiger partial charge is 0.176 e. The maximum absolute atomic E-state index is 14.5. The second-order valence-electron chi connectivity index (χ2n) is 4.74. The van der Waals surface area contributed by atoms with Crippen LogP contribution in [0.3, 0.4) is 0 Å². The molecule has 0 aliphatic rings. The maximum atomic E-state index is 14.5. The average Bonchev–Trinajstić information content (AvgIpc) is 2.50. The van der Waals surface area contributed by atoms with Gasteiger partial charge in [0.05, 0.1) is 19.8 Å². The Morgan fingerprint density at radius 3 is 2.05 bits per heavy atom. The lowest BCUT2D eigenvalue weighted by Crippen LogP contribution is -2.00. The fraction of sp³-hybridized carbons (Fsp3) is 0.235. The minimum atomic E-state index is -0.753. The van der Waals surface area contributed by atoms with Gasteiger partial charge in [-0.3, -0.25) is 4.99 Å². The zero-order valence-electron chi connectivity index (χ0n) is 12.9. The van der Waals surface area contributed by atoms with Gasteiger partial charge in [-0.1, -0.05) is 18.2 Å². The summed E-state index contributed by atoms with van der Waals surface area (Å²) in [5.74, 6) is -1.63. The van der Waals surface area contributed by atoms with Crippen molar-refractivity contribution in [3.05, 3.63) is 47.0 Å². The van der Waals surface area contributed by atoms with Crippen LogP contribution in [0, 0.1) is 18.6 Å². The van der Waals surface area contributed by atoms with Crippen molar-refractivity contribution in [3.63, 3.8) is 0 Å². The molecule has 22 heavy (non-hydrogen) atoms. The summed E-state index contributed by atoms with van der Waals surface area (Å²) in [6.45, 7) is 1.85. The van der Waals surface area contributed by atoms with Crippen LogP contribution in [0.2, 0.25) is 0 Å². The standard InChI is InChI=1S/C17H17F2NO2/c1-10-7-11(5-6-12(10)9-20-2)15-16(18)13(21-3)8-14(22-4)17(15)19/h5-9H,1-4H3. The number of aliphatic imine (C=N–C) groups is 1. The first-order chi connectivity index (χ1) is 10.5. The Hall–Kier alpha value is -2.43. The summed E-state index contributed by atoms with van der Waals surface area (Å²) >= 11 is 0. The highest BCUT2D eigenvalue weighted by Gasteiger charge is 2.21. The molecule has 0 aliphatic heterocycles. The third kappa shape index (κ3) is 2.79. The maximum Gasteiger partial charge on any atom is 0.176 e. The molecule has 116 valence electrons. The van der Waals surface area contributed by atoms with Crippen LogP contribution in [0.15, 0.2) is 29.3 Å². The summed E-state index contributed by atoms with van der Waals surface area (Å²) in [6.07, 6.45) is 1.69. The van der Waals surface area contributed by atoms with Crippen molar-refractivity contribution in [1.29, 1.82) is 0 Å². The molecule has 0 amide bonds. The summed E-state index contributed by atoms with van der Waals surface area (Å²) in [7, 11) is 4.32. The molecular weight excluding hydrogens is 288 g/mol. The molecule has 5 heteroatoms. The van der Waals surface area contributed by atoms with Crippen molar-refractivity contribution in [1.82, 2.24) is 0 Å². The molecule has 3 nitrogen and oxygen atoms in total. The SMILES string of the molecule is CN=Cc1ccc(-c2c(F)c(OC)cc(OC)c2F)cc1C. The highest BCUT2D eigenvalue weighted by atomic mass is 19.1. The van der Waals surface area contributed by atoms with Gasteiger partial charge in [-0.2, -0.15) is 0 Å². The topological polar surface area (TPSA) is 30.8 Å². The molecule has 0 bridgehead atoms. The lowest BCUT2D eigenvalue weighted by Gasteiger charge is -2.13. The molecule has 0 fully saturated rings. The van der Waals surface area contributed by atoms with Crippen LogP contribution in [-0.4, -0.2) is 27.5 Å². The first-order valence-corrected chi connectivity index (χ1v) is 6.66. The van der Waals surface area contributed by atoms with Crippen LogP contribution >= 0.6 is 0 Å². The normalized spacial score (nSPS) is 11.0. The number of methoxy groups -OCH3 is 2. The zero-order valence-corrected chi connectivity index (χ0v) is 12.9. The summed E-state index contributed by atoms with van der Waals surface area (Å²) < 4.78 is 38.8. The van der Waals surface area contributed by atoms with Crippen LogP contribution in [0.5, 0.6) is 11.5 Å². The van der Waals surface area contributed by atoms with Gasteiger partial charge in [-0.05, 0) is 23.6 Å². The monoisotopic (exact) mass is 305 g/mol. The summed E-state index contributed by atoms with van der Waals surface area (Å²) in [6, 6.07) is 6.31. The van der Waals surface area contributed by atoms with E-state index in [0.29, 0.717) is 5.56 Å². The molecule has 0 unspecified atom stereocenters. The second-order valence-corrected chi connectivity index (χ2v) is 4.74. The van der Waals surface area contributed by atoms with Gasteiger partial charge in [0.2, 0.25) is 0 Å². The number of hydrogen-bond acceptors (Lipinski definition) is 3. The number of nitrogens with zero attached hydrogens (tertiary/aromatic N) is 1. The fourth-order valence-corrected chi connectivity index (χ4v) is 2.25. The van der Waals surface area contributed by atoms with Gasteiger partial charge in [-0.25, -0.2) is 8.78 Å². The van der Waals surface area contributed by atoms with Gasteiger partial charge in [0.1, 0.15) is 0 Å². The van der Waals surface area contributed by atoms with E-state index in [9.17, 15) is 8.78 Å². The van der Waals surface area contributed by atoms with Crippen LogP contribution in [0.4, 0.5) is 8.78 Å². The van der Waals surface area contributed by atoms with E-state index in [0.717, 1.165) is 11.1 Å². The van der Waals surface area contributed by atoms with E-state index in [1.54, 1.807) is 31.5 Å². The lowest BCUT2D eigenvalue weighted by atomic mass is 9.98. The minimum Gasteiger partial charge on any atom is -0.494 e.